The molecule has 1 N–H and O–H groups in total. The molecule has 1 nitrogen and oxygen atoms in total. The van der Waals surface area contributed by atoms with E-state index < -0.39 is 5.82 Å². The molecular formula is C13H11FOS. The van der Waals surface area contributed by atoms with Crippen LogP contribution in [0.25, 0.3) is 11.1 Å². The highest BCUT2D eigenvalue weighted by Gasteiger charge is 2.03. The monoisotopic (exact) mass is 234 g/mol. The minimum absolute atomic E-state index is 0.315. The van der Waals surface area contributed by atoms with Gasteiger partial charge in [-0.25, -0.2) is 4.39 Å². The summed E-state index contributed by atoms with van der Waals surface area (Å²) in [6.07, 6.45) is 2.01. The molecule has 0 unspecified atom stereocenters. The Balaban J connectivity index is 2.38. The number of hydrogen-bond donors (Lipinski definition) is 1. The summed E-state index contributed by atoms with van der Waals surface area (Å²) < 4.78 is 13.2. The van der Waals surface area contributed by atoms with Gasteiger partial charge in [-0.2, -0.15) is 0 Å². The smallest absolute Gasteiger partial charge is 0.165 e. The van der Waals surface area contributed by atoms with E-state index in [-0.39, 0.29) is 5.75 Å². The highest BCUT2D eigenvalue weighted by Crippen LogP contribution is 2.26. The first-order valence-electron chi connectivity index (χ1n) is 4.83. The summed E-state index contributed by atoms with van der Waals surface area (Å²) in [6.45, 7) is 0. The molecule has 0 saturated carbocycles. The molecule has 0 aliphatic carbocycles. The van der Waals surface area contributed by atoms with Crippen LogP contribution in [0.5, 0.6) is 5.75 Å². The fraction of sp³-hybridized carbons (Fsp3) is 0.0769. The van der Waals surface area contributed by atoms with Gasteiger partial charge in [0, 0.05) is 4.90 Å². The van der Waals surface area contributed by atoms with Gasteiger partial charge in [0.25, 0.3) is 0 Å². The van der Waals surface area contributed by atoms with Gasteiger partial charge in [-0.3, -0.25) is 0 Å². The van der Waals surface area contributed by atoms with E-state index >= 15 is 0 Å². The third-order valence-corrected chi connectivity index (χ3v) is 3.11. The van der Waals surface area contributed by atoms with Crippen molar-refractivity contribution in [3.63, 3.8) is 0 Å². The summed E-state index contributed by atoms with van der Waals surface area (Å²) in [4.78, 5) is 1.17. The lowest BCUT2D eigenvalue weighted by molar-refractivity contribution is 0.432. The summed E-state index contributed by atoms with van der Waals surface area (Å²) in [5, 5.41) is 9.09. The predicted octanol–water partition coefficient (Wildman–Crippen LogP) is 3.92. The van der Waals surface area contributed by atoms with Gasteiger partial charge in [0.15, 0.2) is 11.6 Å². The van der Waals surface area contributed by atoms with E-state index in [1.165, 1.54) is 17.0 Å². The highest BCUT2D eigenvalue weighted by molar-refractivity contribution is 7.98. The van der Waals surface area contributed by atoms with Crippen LogP contribution in [0.3, 0.4) is 0 Å². The second kappa shape index (κ2) is 4.58. The molecule has 3 heteroatoms. The van der Waals surface area contributed by atoms with Crippen LogP contribution in [0.1, 0.15) is 0 Å². The first-order valence-corrected chi connectivity index (χ1v) is 6.06. The highest BCUT2D eigenvalue weighted by atomic mass is 32.2. The summed E-state index contributed by atoms with van der Waals surface area (Å²) in [5.74, 6) is -0.907. The van der Waals surface area contributed by atoms with E-state index in [1.807, 2.05) is 30.5 Å². The van der Waals surface area contributed by atoms with Gasteiger partial charge in [-0.15, -0.1) is 11.8 Å². The van der Waals surface area contributed by atoms with Gasteiger partial charge in [0.1, 0.15) is 0 Å². The Morgan fingerprint density at radius 1 is 1.00 bits per heavy atom. The average molecular weight is 234 g/mol. The molecule has 0 aromatic heterocycles. The molecule has 2 aromatic carbocycles. The summed E-state index contributed by atoms with van der Waals surface area (Å²) in [5.41, 5.74) is 1.71. The Labute approximate surface area is 97.9 Å². The number of phenols is 1. The van der Waals surface area contributed by atoms with Crippen LogP contribution in [-0.4, -0.2) is 11.4 Å². The second-order valence-electron chi connectivity index (χ2n) is 3.39. The molecule has 0 heterocycles. The summed E-state index contributed by atoms with van der Waals surface area (Å²) >= 11 is 1.66. The molecule has 0 aliphatic rings. The van der Waals surface area contributed by atoms with Crippen molar-refractivity contribution >= 4 is 11.8 Å². The van der Waals surface area contributed by atoms with Crippen molar-refractivity contribution in [2.24, 2.45) is 0 Å². The predicted molar refractivity (Wildman–Crippen MR) is 65.3 cm³/mol. The molecule has 2 aromatic rings. The number of aromatic hydroxyl groups is 1. The largest absolute Gasteiger partial charge is 0.505 e. The standard InChI is InChI=1S/C13H11FOS/c1-16-11-5-2-9(3-6-11)10-4-7-13(15)12(14)8-10/h2-8,15H,1H3. The van der Waals surface area contributed by atoms with Crippen molar-refractivity contribution in [3.05, 3.63) is 48.3 Å². The van der Waals surface area contributed by atoms with Crippen molar-refractivity contribution in [1.82, 2.24) is 0 Å². The van der Waals surface area contributed by atoms with Crippen molar-refractivity contribution in [2.45, 2.75) is 4.90 Å². The van der Waals surface area contributed by atoms with Crippen LogP contribution in [0.4, 0.5) is 4.39 Å². The Bertz CT molecular complexity index is 494. The zero-order chi connectivity index (χ0) is 11.5. The van der Waals surface area contributed by atoms with Crippen molar-refractivity contribution in [3.8, 4) is 16.9 Å². The van der Waals surface area contributed by atoms with Gasteiger partial charge in [0.2, 0.25) is 0 Å². The maximum atomic E-state index is 13.2. The molecule has 0 spiro atoms. The number of phenolic OH excluding ortho intramolecular Hbond substituents is 1. The van der Waals surface area contributed by atoms with Crippen LogP contribution < -0.4 is 0 Å². The minimum atomic E-state index is -0.591. The van der Waals surface area contributed by atoms with Gasteiger partial charge >= 0.3 is 0 Å². The Morgan fingerprint density at radius 2 is 1.62 bits per heavy atom. The number of rotatable bonds is 2. The van der Waals surface area contributed by atoms with Crippen LogP contribution in [0.2, 0.25) is 0 Å². The van der Waals surface area contributed by atoms with E-state index in [1.54, 1.807) is 17.8 Å². The molecule has 0 amide bonds. The topological polar surface area (TPSA) is 20.2 Å². The van der Waals surface area contributed by atoms with E-state index in [0.717, 1.165) is 11.1 Å². The molecule has 0 bridgehead atoms. The molecule has 0 aliphatic heterocycles. The van der Waals surface area contributed by atoms with E-state index in [9.17, 15) is 4.39 Å². The first kappa shape index (κ1) is 11.0. The lowest BCUT2D eigenvalue weighted by Crippen LogP contribution is -1.81. The quantitative estimate of drug-likeness (QED) is 0.795. The maximum absolute atomic E-state index is 13.2. The second-order valence-corrected chi connectivity index (χ2v) is 4.27. The number of thioether (sulfide) groups is 1. The van der Waals surface area contributed by atoms with Crippen molar-refractivity contribution in [1.29, 1.82) is 0 Å². The summed E-state index contributed by atoms with van der Waals surface area (Å²) in [7, 11) is 0. The van der Waals surface area contributed by atoms with Crippen molar-refractivity contribution < 1.29 is 9.50 Å². The van der Waals surface area contributed by atoms with E-state index in [4.69, 9.17) is 5.11 Å². The van der Waals surface area contributed by atoms with Gasteiger partial charge in [-0.05, 0) is 41.6 Å². The SMILES string of the molecule is CSc1ccc(-c2ccc(O)c(F)c2)cc1. The molecule has 0 radical (unpaired) electrons. The van der Waals surface area contributed by atoms with E-state index in [2.05, 4.69) is 0 Å². The van der Waals surface area contributed by atoms with Crippen LogP contribution >= 0.6 is 11.8 Å². The Morgan fingerprint density at radius 3 is 2.19 bits per heavy atom. The molecular weight excluding hydrogens is 223 g/mol. The third kappa shape index (κ3) is 2.19. The zero-order valence-electron chi connectivity index (χ0n) is 8.77. The fourth-order valence-corrected chi connectivity index (χ4v) is 1.88. The van der Waals surface area contributed by atoms with E-state index in [0.29, 0.717) is 0 Å². The Kier molecular flexibility index (Phi) is 3.15. The maximum Gasteiger partial charge on any atom is 0.165 e. The molecule has 0 atom stereocenters. The molecule has 0 fully saturated rings. The lowest BCUT2D eigenvalue weighted by Gasteiger charge is -2.04. The molecule has 0 saturated heterocycles. The molecule has 82 valence electrons. The van der Waals surface area contributed by atoms with Crippen LogP contribution in [-0.2, 0) is 0 Å². The van der Waals surface area contributed by atoms with Crippen LogP contribution in [0, 0.1) is 5.82 Å². The number of hydrogen-bond acceptors (Lipinski definition) is 2. The fourth-order valence-electron chi connectivity index (χ4n) is 1.47. The Hall–Kier alpha value is -1.48. The van der Waals surface area contributed by atoms with Gasteiger partial charge in [0.05, 0.1) is 0 Å². The zero-order valence-corrected chi connectivity index (χ0v) is 9.59. The van der Waals surface area contributed by atoms with Crippen LogP contribution in [0.15, 0.2) is 47.4 Å². The molecule has 16 heavy (non-hydrogen) atoms. The number of benzene rings is 2. The third-order valence-electron chi connectivity index (χ3n) is 2.37. The average Bonchev–Trinajstić information content (AvgIpc) is 2.33. The first-order chi connectivity index (χ1) is 7.70. The summed E-state index contributed by atoms with van der Waals surface area (Å²) in [6, 6.07) is 12.3. The normalized spacial score (nSPS) is 10.4. The van der Waals surface area contributed by atoms with Gasteiger partial charge in [-0.1, -0.05) is 18.2 Å². The number of halogens is 1. The minimum Gasteiger partial charge on any atom is -0.505 e. The van der Waals surface area contributed by atoms with Gasteiger partial charge < -0.3 is 5.11 Å². The van der Waals surface area contributed by atoms with Crippen molar-refractivity contribution in [2.75, 3.05) is 6.26 Å². The molecule has 2 rings (SSSR count). The lowest BCUT2D eigenvalue weighted by atomic mass is 10.1.